The lowest BCUT2D eigenvalue weighted by atomic mass is 9.98. The van der Waals surface area contributed by atoms with Crippen molar-refractivity contribution in [3.8, 4) is 11.8 Å². The lowest BCUT2D eigenvalue weighted by Gasteiger charge is -2.22. The van der Waals surface area contributed by atoms with Crippen LogP contribution in [-0.4, -0.2) is 34.5 Å². The molecule has 1 heterocycles. The summed E-state index contributed by atoms with van der Waals surface area (Å²) >= 11 is 2.67. The van der Waals surface area contributed by atoms with Crippen LogP contribution in [0.25, 0.3) is 0 Å². The van der Waals surface area contributed by atoms with E-state index in [0.717, 1.165) is 18.5 Å². The number of para-hydroxylation sites is 2. The van der Waals surface area contributed by atoms with Crippen molar-refractivity contribution in [3.63, 3.8) is 0 Å². The number of nitriles is 1. The zero-order valence-corrected chi connectivity index (χ0v) is 16.1. The molecule has 9 heteroatoms. The first-order valence-corrected chi connectivity index (χ1v) is 9.93. The van der Waals surface area contributed by atoms with Crippen LogP contribution in [-0.2, 0) is 4.79 Å². The van der Waals surface area contributed by atoms with E-state index in [2.05, 4.69) is 26.9 Å². The van der Waals surface area contributed by atoms with Gasteiger partial charge in [0.2, 0.25) is 11.0 Å². The molecule has 1 aliphatic rings. The topological polar surface area (TPSA) is 99.9 Å². The fourth-order valence-electron chi connectivity index (χ4n) is 2.52. The molecular weight excluding hydrogens is 370 g/mol. The molecule has 3 rings (SSSR count). The first-order valence-electron chi connectivity index (χ1n) is 8.12. The molecular formula is C17H19N5O2S2. The minimum atomic E-state index is -0.769. The van der Waals surface area contributed by atoms with Gasteiger partial charge in [-0.05, 0) is 37.8 Å². The Morgan fingerprint density at radius 3 is 2.92 bits per heavy atom. The maximum Gasteiger partial charge on any atom is 0.231 e. The predicted octanol–water partition coefficient (Wildman–Crippen LogP) is 3.19. The Hall–Kier alpha value is -2.31. The second-order valence-corrected chi connectivity index (χ2v) is 8.32. The van der Waals surface area contributed by atoms with Gasteiger partial charge in [0.1, 0.15) is 11.3 Å². The number of amides is 1. The number of rotatable bonds is 8. The van der Waals surface area contributed by atoms with Gasteiger partial charge in [-0.1, -0.05) is 35.2 Å². The third-order valence-corrected chi connectivity index (χ3v) is 6.08. The molecule has 2 N–H and O–H groups in total. The standard InChI is InChI=1S/C17H19N5O2S2/c1-17(10-18,11-7-8-11)20-14(23)9-25-16-22-21-15(26-16)19-12-5-3-4-6-13(12)24-2/h3-6,11H,7-9H2,1-2H3,(H,19,21)(H,20,23)/t17-/m0/s1. The van der Waals surface area contributed by atoms with Gasteiger partial charge in [-0.15, -0.1) is 10.2 Å². The van der Waals surface area contributed by atoms with Crippen molar-refractivity contribution in [2.24, 2.45) is 5.92 Å². The largest absolute Gasteiger partial charge is 0.495 e. The number of hydrogen-bond acceptors (Lipinski definition) is 8. The van der Waals surface area contributed by atoms with E-state index in [1.54, 1.807) is 14.0 Å². The first kappa shape index (κ1) is 18.5. The van der Waals surface area contributed by atoms with Crippen molar-refractivity contribution in [2.45, 2.75) is 29.6 Å². The summed E-state index contributed by atoms with van der Waals surface area (Å²) in [5.74, 6) is 1.01. The van der Waals surface area contributed by atoms with Gasteiger partial charge >= 0.3 is 0 Å². The molecule has 0 unspecified atom stereocenters. The number of methoxy groups -OCH3 is 1. The maximum absolute atomic E-state index is 12.1. The van der Waals surface area contributed by atoms with Crippen molar-refractivity contribution in [1.29, 1.82) is 5.26 Å². The number of carbonyl (C=O) groups is 1. The van der Waals surface area contributed by atoms with Gasteiger partial charge in [0.15, 0.2) is 4.34 Å². The third-order valence-electron chi connectivity index (χ3n) is 4.11. The molecule has 0 radical (unpaired) electrons. The van der Waals surface area contributed by atoms with Gasteiger partial charge in [-0.3, -0.25) is 4.79 Å². The molecule has 1 aliphatic carbocycles. The number of ether oxygens (including phenoxy) is 1. The van der Waals surface area contributed by atoms with Crippen molar-refractivity contribution in [2.75, 3.05) is 18.2 Å². The van der Waals surface area contributed by atoms with E-state index >= 15 is 0 Å². The van der Waals surface area contributed by atoms with Gasteiger partial charge < -0.3 is 15.4 Å². The Labute approximate surface area is 160 Å². The lowest BCUT2D eigenvalue weighted by molar-refractivity contribution is -0.119. The van der Waals surface area contributed by atoms with Gasteiger partial charge in [0.05, 0.1) is 24.6 Å². The van der Waals surface area contributed by atoms with Crippen LogP contribution in [0.1, 0.15) is 19.8 Å². The predicted molar refractivity (Wildman–Crippen MR) is 102 cm³/mol. The molecule has 1 saturated carbocycles. The molecule has 1 aromatic carbocycles. The summed E-state index contributed by atoms with van der Waals surface area (Å²) < 4.78 is 5.98. The summed E-state index contributed by atoms with van der Waals surface area (Å²) in [5, 5.41) is 24.1. The van der Waals surface area contributed by atoms with Gasteiger partial charge in [0, 0.05) is 0 Å². The summed E-state index contributed by atoms with van der Waals surface area (Å²) in [4.78, 5) is 12.1. The van der Waals surface area contributed by atoms with E-state index in [0.29, 0.717) is 15.2 Å². The fraction of sp³-hybridized carbons (Fsp3) is 0.412. The van der Waals surface area contributed by atoms with E-state index in [1.165, 1.54) is 23.1 Å². The van der Waals surface area contributed by atoms with Crippen LogP contribution < -0.4 is 15.4 Å². The summed E-state index contributed by atoms with van der Waals surface area (Å²) in [5.41, 5.74) is 0.0321. The molecule has 0 saturated heterocycles. The molecule has 136 valence electrons. The molecule has 1 aromatic heterocycles. The SMILES string of the molecule is COc1ccccc1Nc1nnc(SCC(=O)N[C@@](C)(C#N)C2CC2)s1. The highest BCUT2D eigenvalue weighted by Crippen LogP contribution is 2.39. The summed E-state index contributed by atoms with van der Waals surface area (Å²) in [6.07, 6.45) is 1.98. The van der Waals surface area contributed by atoms with E-state index in [1.807, 2.05) is 24.3 Å². The van der Waals surface area contributed by atoms with Crippen LogP contribution in [0.3, 0.4) is 0 Å². The Balaban J connectivity index is 1.54. The van der Waals surface area contributed by atoms with Crippen LogP contribution in [0.15, 0.2) is 28.6 Å². The van der Waals surface area contributed by atoms with E-state index in [-0.39, 0.29) is 17.6 Å². The molecule has 7 nitrogen and oxygen atoms in total. The summed E-state index contributed by atoms with van der Waals surface area (Å²) in [6.45, 7) is 1.79. The van der Waals surface area contributed by atoms with Crippen molar-refractivity contribution < 1.29 is 9.53 Å². The molecule has 0 spiro atoms. The van der Waals surface area contributed by atoms with Crippen molar-refractivity contribution in [3.05, 3.63) is 24.3 Å². The molecule has 0 aliphatic heterocycles. The fourth-order valence-corrected chi connectivity index (χ4v) is 4.08. The Morgan fingerprint density at radius 1 is 1.46 bits per heavy atom. The smallest absolute Gasteiger partial charge is 0.231 e. The molecule has 1 fully saturated rings. The lowest BCUT2D eigenvalue weighted by Crippen LogP contribution is -2.47. The second kappa shape index (κ2) is 7.93. The van der Waals surface area contributed by atoms with E-state index in [4.69, 9.17) is 4.74 Å². The minimum absolute atomic E-state index is 0.166. The molecule has 0 bridgehead atoms. The number of aromatic nitrogens is 2. The normalized spacial score (nSPS) is 15.6. The van der Waals surface area contributed by atoms with Gasteiger partial charge in [-0.25, -0.2) is 0 Å². The van der Waals surface area contributed by atoms with Gasteiger partial charge in [0.25, 0.3) is 0 Å². The van der Waals surface area contributed by atoms with Crippen LogP contribution >= 0.6 is 23.1 Å². The van der Waals surface area contributed by atoms with Crippen LogP contribution in [0, 0.1) is 17.2 Å². The van der Waals surface area contributed by atoms with Crippen LogP contribution in [0.2, 0.25) is 0 Å². The number of benzene rings is 1. The monoisotopic (exact) mass is 389 g/mol. The van der Waals surface area contributed by atoms with Crippen LogP contribution in [0.5, 0.6) is 5.75 Å². The minimum Gasteiger partial charge on any atom is -0.495 e. The highest BCUT2D eigenvalue weighted by atomic mass is 32.2. The summed E-state index contributed by atoms with van der Waals surface area (Å²) in [7, 11) is 1.61. The number of carbonyl (C=O) groups excluding carboxylic acids is 1. The number of thioether (sulfide) groups is 1. The molecule has 26 heavy (non-hydrogen) atoms. The second-order valence-electron chi connectivity index (χ2n) is 6.12. The Morgan fingerprint density at radius 2 is 2.23 bits per heavy atom. The maximum atomic E-state index is 12.1. The highest BCUT2D eigenvalue weighted by Gasteiger charge is 2.42. The quantitative estimate of drug-likeness (QED) is 0.669. The average molecular weight is 390 g/mol. The highest BCUT2D eigenvalue weighted by molar-refractivity contribution is 8.01. The third kappa shape index (κ3) is 4.45. The van der Waals surface area contributed by atoms with Gasteiger partial charge in [-0.2, -0.15) is 5.26 Å². The number of anilines is 2. The summed E-state index contributed by atoms with van der Waals surface area (Å²) in [6, 6.07) is 9.76. The zero-order chi connectivity index (χ0) is 18.6. The number of hydrogen-bond donors (Lipinski definition) is 2. The first-order chi connectivity index (χ1) is 12.5. The zero-order valence-electron chi connectivity index (χ0n) is 14.5. The van der Waals surface area contributed by atoms with Crippen molar-refractivity contribution in [1.82, 2.24) is 15.5 Å². The van der Waals surface area contributed by atoms with E-state index in [9.17, 15) is 10.1 Å². The average Bonchev–Trinajstić information content (AvgIpc) is 3.42. The van der Waals surface area contributed by atoms with Crippen LogP contribution in [0.4, 0.5) is 10.8 Å². The van der Waals surface area contributed by atoms with Crippen molar-refractivity contribution >= 4 is 39.8 Å². The Bertz CT molecular complexity index is 831. The Kier molecular flexibility index (Phi) is 5.64. The number of nitrogens with one attached hydrogen (secondary N) is 2. The number of nitrogens with zero attached hydrogens (tertiary/aromatic N) is 3. The molecule has 2 aromatic rings. The molecule has 1 amide bonds. The van der Waals surface area contributed by atoms with E-state index < -0.39 is 5.54 Å². The molecule has 1 atom stereocenters.